The monoisotopic (exact) mass is 270 g/mol. The summed E-state index contributed by atoms with van der Waals surface area (Å²) >= 11 is 3.54. The van der Waals surface area contributed by atoms with Crippen molar-refractivity contribution < 1.29 is 4.74 Å². The van der Waals surface area contributed by atoms with Crippen molar-refractivity contribution >= 4 is 15.9 Å². The van der Waals surface area contributed by atoms with Gasteiger partial charge in [0.05, 0.1) is 7.11 Å². The molecule has 15 heavy (non-hydrogen) atoms. The maximum atomic E-state index is 5.74. The van der Waals surface area contributed by atoms with Gasteiger partial charge in [-0.3, -0.25) is 4.90 Å². The maximum absolute atomic E-state index is 5.74. The lowest BCUT2D eigenvalue weighted by atomic mass is 10.1. The van der Waals surface area contributed by atoms with Crippen LogP contribution in [0.5, 0.6) is 5.75 Å². The SMILES string of the molecule is COc1ccc(Br)c(CN2CC(N)C2)c1. The summed E-state index contributed by atoms with van der Waals surface area (Å²) in [6, 6.07) is 6.39. The van der Waals surface area contributed by atoms with E-state index in [1.807, 2.05) is 12.1 Å². The fourth-order valence-corrected chi connectivity index (χ4v) is 2.15. The minimum absolute atomic E-state index is 0.356. The average molecular weight is 271 g/mol. The second kappa shape index (κ2) is 4.51. The summed E-state index contributed by atoms with van der Waals surface area (Å²) in [4.78, 5) is 2.32. The molecule has 0 saturated carbocycles. The van der Waals surface area contributed by atoms with Crippen LogP contribution >= 0.6 is 15.9 Å². The minimum Gasteiger partial charge on any atom is -0.497 e. The zero-order valence-electron chi connectivity index (χ0n) is 8.74. The van der Waals surface area contributed by atoms with Crippen LogP contribution in [-0.2, 0) is 6.54 Å². The summed E-state index contributed by atoms with van der Waals surface area (Å²) in [7, 11) is 1.69. The first kappa shape index (κ1) is 10.9. The van der Waals surface area contributed by atoms with Crippen LogP contribution in [0.4, 0.5) is 0 Å². The summed E-state index contributed by atoms with van der Waals surface area (Å²) < 4.78 is 6.33. The van der Waals surface area contributed by atoms with Gasteiger partial charge in [-0.2, -0.15) is 0 Å². The van der Waals surface area contributed by atoms with Crippen molar-refractivity contribution in [1.29, 1.82) is 0 Å². The van der Waals surface area contributed by atoms with E-state index in [0.29, 0.717) is 6.04 Å². The predicted octanol–water partition coefficient (Wildman–Crippen LogP) is 1.60. The second-order valence-electron chi connectivity index (χ2n) is 3.91. The quantitative estimate of drug-likeness (QED) is 0.907. The first-order valence-corrected chi connectivity index (χ1v) is 5.78. The molecule has 1 saturated heterocycles. The number of hydrogen-bond donors (Lipinski definition) is 1. The fraction of sp³-hybridized carbons (Fsp3) is 0.455. The van der Waals surface area contributed by atoms with Crippen molar-refractivity contribution in [1.82, 2.24) is 4.90 Å². The number of rotatable bonds is 3. The van der Waals surface area contributed by atoms with Crippen LogP contribution < -0.4 is 10.5 Å². The van der Waals surface area contributed by atoms with Crippen molar-refractivity contribution in [3.8, 4) is 5.75 Å². The Kier molecular flexibility index (Phi) is 3.29. The van der Waals surface area contributed by atoms with Crippen molar-refractivity contribution in [3.05, 3.63) is 28.2 Å². The van der Waals surface area contributed by atoms with Gasteiger partial charge in [-0.05, 0) is 23.8 Å². The summed E-state index contributed by atoms with van der Waals surface area (Å²) in [5.41, 5.74) is 6.99. The Bertz CT molecular complexity index is 350. The first-order chi connectivity index (χ1) is 7.19. The third kappa shape index (κ3) is 2.51. The lowest BCUT2D eigenvalue weighted by molar-refractivity contribution is 0.142. The summed E-state index contributed by atoms with van der Waals surface area (Å²) in [5.74, 6) is 0.901. The van der Waals surface area contributed by atoms with E-state index in [4.69, 9.17) is 10.5 Å². The van der Waals surface area contributed by atoms with E-state index in [0.717, 1.165) is 29.9 Å². The van der Waals surface area contributed by atoms with Gasteiger partial charge in [0.2, 0.25) is 0 Å². The zero-order valence-corrected chi connectivity index (χ0v) is 10.3. The largest absolute Gasteiger partial charge is 0.497 e. The highest BCUT2D eigenvalue weighted by molar-refractivity contribution is 9.10. The van der Waals surface area contributed by atoms with Crippen molar-refractivity contribution in [3.63, 3.8) is 0 Å². The van der Waals surface area contributed by atoms with E-state index in [1.54, 1.807) is 7.11 Å². The Hall–Kier alpha value is -0.580. The van der Waals surface area contributed by atoms with Crippen LogP contribution in [0.2, 0.25) is 0 Å². The van der Waals surface area contributed by atoms with Gasteiger partial charge in [0, 0.05) is 30.1 Å². The smallest absolute Gasteiger partial charge is 0.119 e. The third-order valence-electron chi connectivity index (χ3n) is 2.63. The summed E-state index contributed by atoms with van der Waals surface area (Å²) in [6.45, 7) is 2.92. The number of hydrogen-bond acceptors (Lipinski definition) is 3. The molecular formula is C11H15BrN2O. The molecule has 1 aromatic carbocycles. The predicted molar refractivity (Wildman–Crippen MR) is 63.9 cm³/mol. The normalized spacial score (nSPS) is 17.5. The molecule has 0 aromatic heterocycles. The van der Waals surface area contributed by atoms with Gasteiger partial charge in [0.25, 0.3) is 0 Å². The van der Waals surface area contributed by atoms with Gasteiger partial charge < -0.3 is 10.5 Å². The van der Waals surface area contributed by atoms with Gasteiger partial charge in [-0.15, -0.1) is 0 Å². The van der Waals surface area contributed by atoms with Gasteiger partial charge >= 0.3 is 0 Å². The molecule has 0 spiro atoms. The summed E-state index contributed by atoms with van der Waals surface area (Å²) in [5, 5.41) is 0. The molecule has 0 amide bonds. The Morgan fingerprint density at radius 2 is 2.27 bits per heavy atom. The first-order valence-electron chi connectivity index (χ1n) is 4.99. The molecule has 82 valence electrons. The van der Waals surface area contributed by atoms with Crippen LogP contribution in [0.3, 0.4) is 0 Å². The molecule has 4 heteroatoms. The van der Waals surface area contributed by atoms with Crippen molar-refractivity contribution in [2.24, 2.45) is 5.73 Å². The van der Waals surface area contributed by atoms with Crippen molar-refractivity contribution in [2.45, 2.75) is 12.6 Å². The van der Waals surface area contributed by atoms with Gasteiger partial charge in [-0.25, -0.2) is 0 Å². The summed E-state index contributed by atoms with van der Waals surface area (Å²) in [6.07, 6.45) is 0. The topological polar surface area (TPSA) is 38.5 Å². The maximum Gasteiger partial charge on any atom is 0.119 e. The molecule has 2 rings (SSSR count). The van der Waals surface area contributed by atoms with Crippen LogP contribution in [0.15, 0.2) is 22.7 Å². The second-order valence-corrected chi connectivity index (χ2v) is 4.77. The van der Waals surface area contributed by atoms with E-state index in [2.05, 4.69) is 26.9 Å². The zero-order chi connectivity index (χ0) is 10.8. The van der Waals surface area contributed by atoms with E-state index in [1.165, 1.54) is 5.56 Å². The highest BCUT2D eigenvalue weighted by atomic mass is 79.9. The molecular weight excluding hydrogens is 256 g/mol. The lowest BCUT2D eigenvalue weighted by Gasteiger charge is -2.37. The van der Waals surface area contributed by atoms with E-state index in [-0.39, 0.29) is 0 Å². The van der Waals surface area contributed by atoms with Crippen LogP contribution in [-0.4, -0.2) is 31.1 Å². The van der Waals surface area contributed by atoms with Crippen LogP contribution in [0, 0.1) is 0 Å². The number of halogens is 1. The Morgan fingerprint density at radius 3 is 2.87 bits per heavy atom. The molecule has 0 radical (unpaired) electrons. The molecule has 0 bridgehead atoms. The van der Waals surface area contributed by atoms with Gasteiger partial charge in [0.1, 0.15) is 5.75 Å². The molecule has 2 N–H and O–H groups in total. The number of benzene rings is 1. The molecule has 0 unspecified atom stereocenters. The Labute approximate surface area is 98.3 Å². The van der Waals surface area contributed by atoms with E-state index < -0.39 is 0 Å². The molecule has 1 fully saturated rings. The van der Waals surface area contributed by atoms with Crippen molar-refractivity contribution in [2.75, 3.05) is 20.2 Å². The molecule has 0 aliphatic carbocycles. The Balaban J connectivity index is 2.06. The highest BCUT2D eigenvalue weighted by Gasteiger charge is 2.23. The van der Waals surface area contributed by atoms with E-state index in [9.17, 15) is 0 Å². The minimum atomic E-state index is 0.356. The number of nitrogens with two attached hydrogens (primary N) is 1. The molecule has 3 nitrogen and oxygen atoms in total. The molecule has 1 aliphatic heterocycles. The van der Waals surface area contributed by atoms with E-state index >= 15 is 0 Å². The average Bonchev–Trinajstić information content (AvgIpc) is 2.19. The van der Waals surface area contributed by atoms with Crippen LogP contribution in [0.25, 0.3) is 0 Å². The number of methoxy groups -OCH3 is 1. The van der Waals surface area contributed by atoms with Gasteiger partial charge in [0.15, 0.2) is 0 Å². The molecule has 1 aliphatic rings. The standard InChI is InChI=1S/C11H15BrN2O/c1-15-10-2-3-11(12)8(4-10)5-14-6-9(13)7-14/h2-4,9H,5-7,13H2,1H3. The number of ether oxygens (including phenoxy) is 1. The molecule has 1 aromatic rings. The highest BCUT2D eigenvalue weighted by Crippen LogP contribution is 2.24. The Morgan fingerprint density at radius 1 is 1.53 bits per heavy atom. The number of nitrogens with zero attached hydrogens (tertiary/aromatic N) is 1. The fourth-order valence-electron chi connectivity index (χ4n) is 1.78. The molecule has 1 heterocycles. The lowest BCUT2D eigenvalue weighted by Crippen LogP contribution is -2.54. The van der Waals surface area contributed by atoms with Gasteiger partial charge in [-0.1, -0.05) is 15.9 Å². The number of likely N-dealkylation sites (tertiary alicyclic amines) is 1. The molecule has 0 atom stereocenters. The van der Waals surface area contributed by atoms with Crippen LogP contribution in [0.1, 0.15) is 5.56 Å². The third-order valence-corrected chi connectivity index (χ3v) is 3.41.